The summed E-state index contributed by atoms with van der Waals surface area (Å²) in [6, 6.07) is 18.0. The molecule has 42 heavy (non-hydrogen) atoms. The van der Waals surface area contributed by atoms with Crippen LogP contribution in [-0.4, -0.2) is 90.2 Å². The summed E-state index contributed by atoms with van der Waals surface area (Å²) >= 11 is 0. The van der Waals surface area contributed by atoms with Crippen molar-refractivity contribution in [2.24, 2.45) is 0 Å². The van der Waals surface area contributed by atoms with Gasteiger partial charge in [0, 0.05) is 50.5 Å². The number of hydrogen-bond donors (Lipinski definition) is 1. The van der Waals surface area contributed by atoms with Crippen LogP contribution >= 0.6 is 0 Å². The first-order valence-corrected chi connectivity index (χ1v) is 14.6. The monoisotopic (exact) mass is 568 g/mol. The SMILES string of the molecule is Cc1ccc(N2C(=O)C(=O)C(=C(O)c3ccc(C(C)C)cc3)C2c2ccc(N3CCN(CCN(C)C)CC3)cc2)nn1. The third kappa shape index (κ3) is 6.07. The number of aliphatic hydroxyl groups is 1. The van der Waals surface area contributed by atoms with Gasteiger partial charge < -0.3 is 14.9 Å². The van der Waals surface area contributed by atoms with Gasteiger partial charge in [-0.3, -0.25) is 19.4 Å². The van der Waals surface area contributed by atoms with Gasteiger partial charge in [-0.2, -0.15) is 5.10 Å². The minimum absolute atomic E-state index is 0.0435. The van der Waals surface area contributed by atoms with Crippen LogP contribution in [0.3, 0.4) is 0 Å². The molecule has 2 aromatic carbocycles. The number of hydrogen-bond acceptors (Lipinski definition) is 8. The fourth-order valence-corrected chi connectivity index (χ4v) is 5.52. The maximum Gasteiger partial charge on any atom is 0.301 e. The van der Waals surface area contributed by atoms with Crippen molar-refractivity contribution >= 4 is 29.0 Å². The van der Waals surface area contributed by atoms with E-state index in [0.29, 0.717) is 22.7 Å². The number of carbonyl (C=O) groups excluding carboxylic acids is 2. The fraction of sp³-hybridized carbons (Fsp3) is 0.394. The first-order chi connectivity index (χ1) is 20.1. The summed E-state index contributed by atoms with van der Waals surface area (Å²) in [7, 11) is 4.19. The Hall–Kier alpha value is -4.08. The molecule has 220 valence electrons. The number of rotatable bonds is 8. The van der Waals surface area contributed by atoms with Gasteiger partial charge in [0.15, 0.2) is 5.82 Å². The van der Waals surface area contributed by atoms with Crippen molar-refractivity contribution in [2.75, 3.05) is 63.2 Å². The van der Waals surface area contributed by atoms with Crippen molar-refractivity contribution in [2.45, 2.75) is 32.7 Å². The number of aryl methyl sites for hydroxylation is 1. The average molecular weight is 569 g/mol. The number of aromatic nitrogens is 2. The summed E-state index contributed by atoms with van der Waals surface area (Å²) in [5, 5.41) is 19.8. The summed E-state index contributed by atoms with van der Waals surface area (Å²) in [6.07, 6.45) is 0. The molecular formula is C33H40N6O3. The van der Waals surface area contributed by atoms with E-state index in [9.17, 15) is 14.7 Å². The molecule has 1 unspecified atom stereocenters. The van der Waals surface area contributed by atoms with Crippen LogP contribution in [0.5, 0.6) is 0 Å². The number of aliphatic hydroxyl groups excluding tert-OH is 1. The Morgan fingerprint density at radius 1 is 0.929 bits per heavy atom. The highest BCUT2D eigenvalue weighted by Gasteiger charge is 2.47. The van der Waals surface area contributed by atoms with Gasteiger partial charge in [0.25, 0.3) is 5.78 Å². The zero-order valence-corrected chi connectivity index (χ0v) is 25.1. The normalized spacial score (nSPS) is 19.4. The van der Waals surface area contributed by atoms with E-state index in [1.807, 2.05) is 43.3 Å². The molecule has 1 atom stereocenters. The van der Waals surface area contributed by atoms with E-state index in [1.54, 1.807) is 24.3 Å². The second kappa shape index (κ2) is 12.4. The predicted octanol–water partition coefficient (Wildman–Crippen LogP) is 4.22. The second-order valence-electron chi connectivity index (χ2n) is 11.7. The third-order valence-electron chi connectivity index (χ3n) is 8.14. The molecule has 0 spiro atoms. The van der Waals surface area contributed by atoms with Gasteiger partial charge in [-0.15, -0.1) is 5.10 Å². The molecule has 0 bridgehead atoms. The lowest BCUT2D eigenvalue weighted by atomic mass is 9.94. The van der Waals surface area contributed by atoms with Crippen molar-refractivity contribution in [3.63, 3.8) is 0 Å². The van der Waals surface area contributed by atoms with Gasteiger partial charge in [-0.25, -0.2) is 0 Å². The highest BCUT2D eigenvalue weighted by Crippen LogP contribution is 2.42. The molecule has 2 saturated heterocycles. The van der Waals surface area contributed by atoms with Gasteiger partial charge in [0.05, 0.1) is 17.3 Å². The van der Waals surface area contributed by atoms with E-state index in [0.717, 1.165) is 50.5 Å². The molecule has 1 aromatic heterocycles. The van der Waals surface area contributed by atoms with E-state index < -0.39 is 17.7 Å². The summed E-state index contributed by atoms with van der Waals surface area (Å²) < 4.78 is 0. The number of piperazine rings is 1. The molecule has 9 heteroatoms. The molecular weight excluding hydrogens is 528 g/mol. The van der Waals surface area contributed by atoms with E-state index in [4.69, 9.17) is 0 Å². The molecule has 2 fully saturated rings. The Balaban J connectivity index is 1.48. The summed E-state index contributed by atoms with van der Waals surface area (Å²) in [6.45, 7) is 11.9. The Labute approximate surface area is 248 Å². The summed E-state index contributed by atoms with van der Waals surface area (Å²) in [4.78, 5) is 35.3. The van der Waals surface area contributed by atoms with E-state index in [2.05, 4.69) is 52.8 Å². The molecule has 0 radical (unpaired) electrons. The van der Waals surface area contributed by atoms with Crippen molar-refractivity contribution in [3.8, 4) is 0 Å². The lowest BCUT2D eigenvalue weighted by Gasteiger charge is -2.36. The molecule has 3 aromatic rings. The molecule has 2 aliphatic heterocycles. The quantitative estimate of drug-likeness (QED) is 0.245. The Morgan fingerprint density at radius 3 is 2.17 bits per heavy atom. The van der Waals surface area contributed by atoms with Gasteiger partial charge in [0.2, 0.25) is 0 Å². The Morgan fingerprint density at radius 2 is 1.60 bits per heavy atom. The maximum atomic E-state index is 13.5. The van der Waals surface area contributed by atoms with Crippen LogP contribution in [0.15, 0.2) is 66.2 Å². The lowest BCUT2D eigenvalue weighted by molar-refractivity contribution is -0.132. The van der Waals surface area contributed by atoms with Crippen molar-refractivity contribution in [1.82, 2.24) is 20.0 Å². The van der Waals surface area contributed by atoms with Crippen LogP contribution in [0.4, 0.5) is 11.5 Å². The highest BCUT2D eigenvalue weighted by molar-refractivity contribution is 6.51. The molecule has 1 N–H and O–H groups in total. The first-order valence-electron chi connectivity index (χ1n) is 14.6. The average Bonchev–Trinajstić information content (AvgIpc) is 3.26. The maximum absolute atomic E-state index is 13.5. The smallest absolute Gasteiger partial charge is 0.301 e. The van der Waals surface area contributed by atoms with E-state index >= 15 is 0 Å². The van der Waals surface area contributed by atoms with Crippen molar-refractivity contribution in [3.05, 3.63) is 88.6 Å². The van der Waals surface area contributed by atoms with Gasteiger partial charge in [0.1, 0.15) is 5.76 Å². The summed E-state index contributed by atoms with van der Waals surface area (Å²) in [5.74, 6) is -1.09. The van der Waals surface area contributed by atoms with Gasteiger partial charge >= 0.3 is 5.91 Å². The lowest BCUT2D eigenvalue weighted by Crippen LogP contribution is -2.48. The zero-order valence-electron chi connectivity index (χ0n) is 25.1. The molecule has 9 nitrogen and oxygen atoms in total. The molecule has 0 saturated carbocycles. The van der Waals surface area contributed by atoms with Crippen LogP contribution in [-0.2, 0) is 9.59 Å². The van der Waals surface area contributed by atoms with Gasteiger partial charge in [-0.05, 0) is 62.3 Å². The molecule has 0 aliphatic carbocycles. The largest absolute Gasteiger partial charge is 0.507 e. The number of nitrogens with zero attached hydrogens (tertiary/aromatic N) is 6. The van der Waals surface area contributed by atoms with Crippen molar-refractivity contribution in [1.29, 1.82) is 0 Å². The Bertz CT molecular complexity index is 1440. The standard InChI is InChI=1S/C33H40N6O3/c1-22(2)24-7-9-26(10-8-24)31(40)29-30(39(33(42)32(29)41)28-15-6-23(3)34-35-28)25-11-13-27(14-12-25)38-20-18-37(19-21-38)17-16-36(4)5/h6-15,22,30,40H,16-21H2,1-5H3. The number of anilines is 2. The molecule has 1 amide bonds. The van der Waals surface area contributed by atoms with Crippen molar-refractivity contribution < 1.29 is 14.7 Å². The number of ketones is 1. The topological polar surface area (TPSA) is 93.1 Å². The zero-order chi connectivity index (χ0) is 30.0. The summed E-state index contributed by atoms with van der Waals surface area (Å²) in [5.41, 5.74) is 4.15. The van der Waals surface area contributed by atoms with Crippen LogP contribution in [0.2, 0.25) is 0 Å². The number of Topliss-reactive ketones (excluding diaryl/α,β-unsaturated/α-hetero) is 1. The number of carbonyl (C=O) groups is 2. The van der Waals surface area contributed by atoms with Crippen LogP contribution in [0, 0.1) is 6.92 Å². The molecule has 2 aliphatic rings. The van der Waals surface area contributed by atoms with Crippen LogP contribution in [0.1, 0.15) is 48.2 Å². The van der Waals surface area contributed by atoms with Crippen LogP contribution in [0.25, 0.3) is 5.76 Å². The Kier molecular flexibility index (Phi) is 8.70. The minimum Gasteiger partial charge on any atom is -0.507 e. The molecule has 5 rings (SSSR count). The second-order valence-corrected chi connectivity index (χ2v) is 11.7. The third-order valence-corrected chi connectivity index (χ3v) is 8.14. The van der Waals surface area contributed by atoms with Gasteiger partial charge in [-0.1, -0.05) is 50.2 Å². The predicted molar refractivity (Wildman–Crippen MR) is 166 cm³/mol. The fourth-order valence-electron chi connectivity index (χ4n) is 5.52. The number of amides is 1. The first kappa shape index (κ1) is 29.4. The van der Waals surface area contributed by atoms with E-state index in [-0.39, 0.29) is 17.2 Å². The van der Waals surface area contributed by atoms with Crippen LogP contribution < -0.4 is 9.80 Å². The number of likely N-dealkylation sites (N-methyl/N-ethyl adjacent to an activating group) is 1. The molecule has 3 heterocycles. The minimum atomic E-state index is -0.844. The number of benzene rings is 2. The van der Waals surface area contributed by atoms with E-state index in [1.165, 1.54) is 4.90 Å². The highest BCUT2D eigenvalue weighted by atomic mass is 16.3.